The molecule has 0 saturated carbocycles. The largest absolute Gasteiger partial charge is 0.376 e. The van der Waals surface area contributed by atoms with Crippen molar-refractivity contribution in [3.05, 3.63) is 29.0 Å². The van der Waals surface area contributed by atoms with Crippen LogP contribution in [0.4, 0.5) is 0 Å². The van der Waals surface area contributed by atoms with Gasteiger partial charge in [-0.3, -0.25) is 4.79 Å². The van der Waals surface area contributed by atoms with E-state index >= 15 is 0 Å². The van der Waals surface area contributed by atoms with Crippen molar-refractivity contribution in [1.29, 1.82) is 0 Å². The highest BCUT2D eigenvalue weighted by molar-refractivity contribution is 6.29. The van der Waals surface area contributed by atoms with Crippen LogP contribution in [-0.4, -0.2) is 67.1 Å². The molecule has 1 aliphatic rings. The average molecular weight is 312 g/mol. The van der Waals surface area contributed by atoms with Gasteiger partial charge in [-0.25, -0.2) is 4.98 Å². The molecule has 2 rings (SSSR count). The Morgan fingerprint density at radius 2 is 2.24 bits per heavy atom. The van der Waals surface area contributed by atoms with E-state index in [1.54, 1.807) is 18.2 Å². The van der Waals surface area contributed by atoms with Gasteiger partial charge in [-0.2, -0.15) is 0 Å². The van der Waals surface area contributed by atoms with Crippen molar-refractivity contribution in [2.24, 2.45) is 0 Å². The predicted molar refractivity (Wildman–Crippen MR) is 82.7 cm³/mol. The smallest absolute Gasteiger partial charge is 0.272 e. The van der Waals surface area contributed by atoms with Gasteiger partial charge in [-0.15, -0.1) is 0 Å². The fraction of sp³-hybridized carbons (Fsp3) is 0.600. The van der Waals surface area contributed by atoms with Gasteiger partial charge in [-0.05, 0) is 39.1 Å². The van der Waals surface area contributed by atoms with Crippen molar-refractivity contribution in [2.75, 3.05) is 40.3 Å². The molecule has 0 aliphatic carbocycles. The number of hydrogen-bond acceptors (Lipinski definition) is 4. The number of carbonyl (C=O) groups is 1. The fourth-order valence-electron chi connectivity index (χ4n) is 2.32. The number of carbonyl (C=O) groups excluding carboxylic acids is 1. The number of amides is 1. The summed E-state index contributed by atoms with van der Waals surface area (Å²) in [6.07, 6.45) is 2.21. The number of hydrogen-bond donors (Lipinski definition) is 0. The molecule has 0 radical (unpaired) electrons. The summed E-state index contributed by atoms with van der Waals surface area (Å²) in [5.41, 5.74) is 0.388. The lowest BCUT2D eigenvalue weighted by Gasteiger charge is -2.26. The van der Waals surface area contributed by atoms with Crippen LogP contribution in [0.1, 0.15) is 23.3 Å². The lowest BCUT2D eigenvalue weighted by Crippen LogP contribution is -2.41. The average Bonchev–Trinajstić information content (AvgIpc) is 2.95. The summed E-state index contributed by atoms with van der Waals surface area (Å²) in [7, 11) is 3.98. The van der Waals surface area contributed by atoms with E-state index in [1.807, 2.05) is 19.0 Å². The maximum absolute atomic E-state index is 12.6. The van der Waals surface area contributed by atoms with Crippen LogP contribution in [0.2, 0.25) is 5.15 Å². The minimum atomic E-state index is -0.0881. The summed E-state index contributed by atoms with van der Waals surface area (Å²) < 4.78 is 5.65. The van der Waals surface area contributed by atoms with E-state index in [4.69, 9.17) is 16.3 Å². The van der Waals surface area contributed by atoms with Crippen LogP contribution in [0.15, 0.2) is 18.2 Å². The summed E-state index contributed by atoms with van der Waals surface area (Å²) in [5, 5.41) is 0.338. The highest BCUT2D eigenvalue weighted by Crippen LogP contribution is 2.15. The Kier molecular flexibility index (Phi) is 5.96. The molecule has 0 N–H and O–H groups in total. The molecule has 5 nitrogen and oxygen atoms in total. The van der Waals surface area contributed by atoms with Gasteiger partial charge in [0, 0.05) is 26.2 Å². The first-order chi connectivity index (χ1) is 10.1. The van der Waals surface area contributed by atoms with E-state index in [0.29, 0.717) is 23.9 Å². The number of likely N-dealkylation sites (N-methyl/N-ethyl adjacent to an activating group) is 1. The topological polar surface area (TPSA) is 45.7 Å². The van der Waals surface area contributed by atoms with Crippen molar-refractivity contribution in [3.63, 3.8) is 0 Å². The van der Waals surface area contributed by atoms with Crippen LogP contribution in [-0.2, 0) is 4.74 Å². The second-order valence-corrected chi connectivity index (χ2v) is 5.92. The zero-order chi connectivity index (χ0) is 15.2. The molecule has 1 amide bonds. The molecule has 0 bridgehead atoms. The van der Waals surface area contributed by atoms with E-state index in [1.165, 1.54) is 0 Å². The van der Waals surface area contributed by atoms with Gasteiger partial charge < -0.3 is 14.5 Å². The van der Waals surface area contributed by atoms with Crippen LogP contribution < -0.4 is 0 Å². The Morgan fingerprint density at radius 1 is 1.43 bits per heavy atom. The number of ether oxygens (including phenoxy) is 1. The quantitative estimate of drug-likeness (QED) is 0.753. The number of rotatable bonds is 6. The Morgan fingerprint density at radius 3 is 2.86 bits per heavy atom. The number of aromatic nitrogens is 1. The summed E-state index contributed by atoms with van der Waals surface area (Å²) in [6, 6.07) is 5.12. The van der Waals surface area contributed by atoms with Gasteiger partial charge in [-0.1, -0.05) is 17.7 Å². The maximum Gasteiger partial charge on any atom is 0.272 e. The van der Waals surface area contributed by atoms with Crippen molar-refractivity contribution in [1.82, 2.24) is 14.8 Å². The predicted octanol–water partition coefficient (Wildman–Crippen LogP) is 1.92. The van der Waals surface area contributed by atoms with Crippen LogP contribution in [0.25, 0.3) is 0 Å². The van der Waals surface area contributed by atoms with Gasteiger partial charge in [0.25, 0.3) is 5.91 Å². The zero-order valence-corrected chi connectivity index (χ0v) is 13.3. The molecular weight excluding hydrogens is 290 g/mol. The molecule has 0 aromatic carbocycles. The first-order valence-corrected chi connectivity index (χ1v) is 7.62. The lowest BCUT2D eigenvalue weighted by atomic mass is 10.2. The summed E-state index contributed by atoms with van der Waals surface area (Å²) in [6.45, 7) is 2.86. The third-order valence-electron chi connectivity index (χ3n) is 3.49. The molecule has 1 saturated heterocycles. The molecule has 1 fully saturated rings. The van der Waals surface area contributed by atoms with Crippen molar-refractivity contribution >= 4 is 17.5 Å². The van der Waals surface area contributed by atoms with Crippen molar-refractivity contribution in [3.8, 4) is 0 Å². The van der Waals surface area contributed by atoms with Gasteiger partial charge >= 0.3 is 0 Å². The highest BCUT2D eigenvalue weighted by atomic mass is 35.5. The Labute approximate surface area is 130 Å². The lowest BCUT2D eigenvalue weighted by molar-refractivity contribution is 0.0508. The normalized spacial score (nSPS) is 18.2. The van der Waals surface area contributed by atoms with Gasteiger partial charge in [0.05, 0.1) is 6.10 Å². The SMILES string of the molecule is CN(C)CCN(C[C@H]1CCCO1)C(=O)c1cccc(Cl)n1. The Hall–Kier alpha value is -1.17. The molecule has 1 aromatic heterocycles. The van der Waals surface area contributed by atoms with E-state index in [2.05, 4.69) is 9.88 Å². The molecule has 1 atom stereocenters. The maximum atomic E-state index is 12.6. The van der Waals surface area contributed by atoms with Gasteiger partial charge in [0.2, 0.25) is 0 Å². The van der Waals surface area contributed by atoms with Gasteiger partial charge in [0.1, 0.15) is 10.8 Å². The number of halogens is 1. The summed E-state index contributed by atoms with van der Waals surface area (Å²) in [5.74, 6) is -0.0881. The first kappa shape index (κ1) is 16.2. The molecule has 116 valence electrons. The minimum absolute atomic E-state index is 0.0881. The van der Waals surface area contributed by atoms with E-state index in [9.17, 15) is 4.79 Å². The molecular formula is C15H22ClN3O2. The van der Waals surface area contributed by atoms with Crippen LogP contribution in [0.5, 0.6) is 0 Å². The second kappa shape index (κ2) is 7.73. The Balaban J connectivity index is 2.06. The first-order valence-electron chi connectivity index (χ1n) is 7.24. The Bertz CT molecular complexity index is 476. The van der Waals surface area contributed by atoms with Crippen LogP contribution in [0.3, 0.4) is 0 Å². The third kappa shape index (κ3) is 4.95. The monoisotopic (exact) mass is 311 g/mol. The molecule has 21 heavy (non-hydrogen) atoms. The number of pyridine rings is 1. The molecule has 0 spiro atoms. The standard InChI is InChI=1S/C15H22ClN3O2/c1-18(2)8-9-19(11-12-5-4-10-21-12)15(20)13-6-3-7-14(16)17-13/h3,6-7,12H,4-5,8-11H2,1-2H3/t12-/m1/s1. The summed E-state index contributed by atoms with van der Waals surface area (Å²) in [4.78, 5) is 20.6. The molecule has 2 heterocycles. The molecule has 0 unspecified atom stereocenters. The third-order valence-corrected chi connectivity index (χ3v) is 3.70. The molecule has 1 aromatic rings. The van der Waals surface area contributed by atoms with E-state index < -0.39 is 0 Å². The van der Waals surface area contributed by atoms with Crippen LogP contribution >= 0.6 is 11.6 Å². The van der Waals surface area contributed by atoms with E-state index in [-0.39, 0.29) is 12.0 Å². The van der Waals surface area contributed by atoms with Gasteiger partial charge in [0.15, 0.2) is 0 Å². The second-order valence-electron chi connectivity index (χ2n) is 5.54. The summed E-state index contributed by atoms with van der Waals surface area (Å²) >= 11 is 5.88. The molecule has 1 aliphatic heterocycles. The molecule has 6 heteroatoms. The van der Waals surface area contributed by atoms with E-state index in [0.717, 1.165) is 26.0 Å². The minimum Gasteiger partial charge on any atom is -0.376 e. The number of nitrogens with zero attached hydrogens (tertiary/aromatic N) is 3. The highest BCUT2D eigenvalue weighted by Gasteiger charge is 2.24. The fourth-order valence-corrected chi connectivity index (χ4v) is 2.48. The van der Waals surface area contributed by atoms with Crippen LogP contribution in [0, 0.1) is 0 Å². The van der Waals surface area contributed by atoms with Crippen molar-refractivity contribution in [2.45, 2.75) is 18.9 Å². The zero-order valence-electron chi connectivity index (χ0n) is 12.6. The van der Waals surface area contributed by atoms with Crippen molar-refractivity contribution < 1.29 is 9.53 Å².